The molecule has 3 aliphatic rings. The van der Waals surface area contributed by atoms with Crippen molar-refractivity contribution in [1.29, 1.82) is 0 Å². The predicted octanol–water partition coefficient (Wildman–Crippen LogP) is 3.46. The molecular weight excluding hydrogens is 394 g/mol. The molecule has 7 heteroatoms. The van der Waals surface area contributed by atoms with Gasteiger partial charge in [0.05, 0.1) is 25.5 Å². The van der Waals surface area contributed by atoms with E-state index in [0.29, 0.717) is 13.4 Å². The lowest BCUT2D eigenvalue weighted by Crippen LogP contribution is -2.44. The van der Waals surface area contributed by atoms with Crippen LogP contribution in [0.4, 0.5) is 0 Å². The molecule has 31 heavy (non-hydrogen) atoms. The van der Waals surface area contributed by atoms with Gasteiger partial charge in [-0.15, -0.1) is 0 Å². The van der Waals surface area contributed by atoms with E-state index in [1.807, 2.05) is 24.4 Å². The van der Waals surface area contributed by atoms with Crippen LogP contribution >= 0.6 is 0 Å². The molecule has 3 aliphatic heterocycles. The van der Waals surface area contributed by atoms with Gasteiger partial charge in [0.15, 0.2) is 11.5 Å². The van der Waals surface area contributed by atoms with Crippen LogP contribution in [0.1, 0.15) is 17.8 Å². The summed E-state index contributed by atoms with van der Waals surface area (Å²) in [5.41, 5.74) is 3.28. The van der Waals surface area contributed by atoms with E-state index in [4.69, 9.17) is 18.9 Å². The Bertz CT molecular complexity index is 1130. The van der Waals surface area contributed by atoms with Gasteiger partial charge < -0.3 is 23.5 Å². The van der Waals surface area contributed by atoms with Crippen LogP contribution in [0.2, 0.25) is 0 Å². The van der Waals surface area contributed by atoms with E-state index in [9.17, 15) is 0 Å². The van der Waals surface area contributed by atoms with Gasteiger partial charge in [-0.1, -0.05) is 18.2 Å². The lowest BCUT2D eigenvalue weighted by molar-refractivity contribution is -0.0821. The molecule has 0 bridgehead atoms. The highest BCUT2D eigenvalue weighted by molar-refractivity contribution is 5.61. The van der Waals surface area contributed by atoms with Crippen LogP contribution in [0.25, 0.3) is 11.3 Å². The molecule has 0 radical (unpaired) electrons. The SMILES string of the molecule is COc1cccc(-c2cnc3n2CC2(CCN(Cc4ccc5c(c4)OCO5)C2)OC3)c1. The van der Waals surface area contributed by atoms with E-state index in [2.05, 4.69) is 38.7 Å². The summed E-state index contributed by atoms with van der Waals surface area (Å²) in [5, 5.41) is 0. The first kappa shape index (κ1) is 18.7. The number of nitrogens with zero attached hydrogens (tertiary/aromatic N) is 3. The molecule has 2 aromatic carbocycles. The molecule has 0 N–H and O–H groups in total. The van der Waals surface area contributed by atoms with Gasteiger partial charge in [-0.3, -0.25) is 4.90 Å². The van der Waals surface area contributed by atoms with Crippen molar-refractivity contribution in [3.8, 4) is 28.5 Å². The number of ether oxygens (including phenoxy) is 4. The van der Waals surface area contributed by atoms with Gasteiger partial charge >= 0.3 is 0 Å². The van der Waals surface area contributed by atoms with Crippen molar-refractivity contribution < 1.29 is 18.9 Å². The summed E-state index contributed by atoms with van der Waals surface area (Å²) in [6, 6.07) is 14.4. The van der Waals surface area contributed by atoms with Crippen LogP contribution in [0.15, 0.2) is 48.7 Å². The zero-order chi connectivity index (χ0) is 20.8. The molecule has 4 heterocycles. The van der Waals surface area contributed by atoms with Crippen LogP contribution in [-0.4, -0.2) is 47.0 Å². The molecule has 1 aromatic heterocycles. The second-order valence-electron chi connectivity index (χ2n) is 8.50. The number of hydrogen-bond acceptors (Lipinski definition) is 6. The fourth-order valence-corrected chi connectivity index (χ4v) is 4.88. The Hall–Kier alpha value is -3.03. The molecule has 1 spiro atoms. The lowest BCUT2D eigenvalue weighted by Gasteiger charge is -2.35. The zero-order valence-electron chi connectivity index (χ0n) is 17.5. The highest BCUT2D eigenvalue weighted by Gasteiger charge is 2.43. The molecule has 0 saturated carbocycles. The maximum Gasteiger partial charge on any atom is 0.231 e. The van der Waals surface area contributed by atoms with Gasteiger partial charge in [0.25, 0.3) is 0 Å². The molecular formula is C24H25N3O4. The predicted molar refractivity (Wildman–Crippen MR) is 114 cm³/mol. The van der Waals surface area contributed by atoms with Crippen LogP contribution in [0.5, 0.6) is 17.2 Å². The number of methoxy groups -OCH3 is 1. The summed E-state index contributed by atoms with van der Waals surface area (Å²) < 4.78 is 25.1. The molecule has 1 fully saturated rings. The molecule has 160 valence electrons. The summed E-state index contributed by atoms with van der Waals surface area (Å²) in [6.45, 7) is 4.45. The van der Waals surface area contributed by atoms with Crippen molar-refractivity contribution >= 4 is 0 Å². The standard InChI is InChI=1S/C24H25N3O4/c1-28-19-4-2-3-18(10-19)20-11-25-23-13-31-24(15-27(20)23)7-8-26(14-24)12-17-5-6-21-22(9-17)30-16-29-21/h2-6,9-11H,7-8,12-16H2,1H3. The first-order chi connectivity index (χ1) is 15.2. The van der Waals surface area contributed by atoms with Crippen molar-refractivity contribution in [2.24, 2.45) is 0 Å². The van der Waals surface area contributed by atoms with Crippen molar-refractivity contribution in [2.45, 2.75) is 31.7 Å². The Morgan fingerprint density at radius 3 is 2.97 bits per heavy atom. The van der Waals surface area contributed by atoms with Crippen molar-refractivity contribution in [3.05, 3.63) is 60.0 Å². The third-order valence-electron chi connectivity index (χ3n) is 6.50. The average Bonchev–Trinajstić information content (AvgIpc) is 3.52. The maximum atomic E-state index is 6.39. The Morgan fingerprint density at radius 2 is 2.03 bits per heavy atom. The maximum absolute atomic E-state index is 6.39. The summed E-state index contributed by atoms with van der Waals surface area (Å²) in [7, 11) is 1.70. The number of benzene rings is 2. The quantitative estimate of drug-likeness (QED) is 0.646. The number of fused-ring (bicyclic) bond motifs is 2. The molecule has 0 amide bonds. The van der Waals surface area contributed by atoms with Gasteiger partial charge in [-0.2, -0.15) is 0 Å². The average molecular weight is 419 g/mol. The molecule has 1 atom stereocenters. The summed E-state index contributed by atoms with van der Waals surface area (Å²) >= 11 is 0. The fraction of sp³-hybridized carbons (Fsp3) is 0.375. The van der Waals surface area contributed by atoms with Gasteiger partial charge in [0.1, 0.15) is 23.8 Å². The summed E-state index contributed by atoms with van der Waals surface area (Å²) in [4.78, 5) is 7.08. The number of hydrogen-bond donors (Lipinski definition) is 0. The van der Waals surface area contributed by atoms with E-state index in [0.717, 1.165) is 66.9 Å². The van der Waals surface area contributed by atoms with Crippen molar-refractivity contribution in [1.82, 2.24) is 14.5 Å². The summed E-state index contributed by atoms with van der Waals surface area (Å²) in [5.74, 6) is 3.50. The zero-order valence-corrected chi connectivity index (χ0v) is 17.5. The monoisotopic (exact) mass is 419 g/mol. The molecule has 3 aromatic rings. The topological polar surface area (TPSA) is 58.0 Å². The Morgan fingerprint density at radius 1 is 1.10 bits per heavy atom. The highest BCUT2D eigenvalue weighted by atomic mass is 16.7. The van der Waals surface area contributed by atoms with E-state index in [1.165, 1.54) is 5.56 Å². The minimum atomic E-state index is -0.183. The van der Waals surface area contributed by atoms with Crippen LogP contribution in [0.3, 0.4) is 0 Å². The first-order valence-electron chi connectivity index (χ1n) is 10.7. The second-order valence-corrected chi connectivity index (χ2v) is 8.50. The minimum absolute atomic E-state index is 0.183. The normalized spacial score (nSPS) is 22.1. The smallest absolute Gasteiger partial charge is 0.231 e. The van der Waals surface area contributed by atoms with Crippen LogP contribution in [-0.2, 0) is 24.4 Å². The molecule has 0 aliphatic carbocycles. The Balaban J connectivity index is 1.21. The number of likely N-dealkylation sites (tertiary alicyclic amines) is 1. The van der Waals surface area contributed by atoms with E-state index >= 15 is 0 Å². The van der Waals surface area contributed by atoms with Gasteiger partial charge in [0.2, 0.25) is 6.79 Å². The Labute approximate surface area is 181 Å². The van der Waals surface area contributed by atoms with Gasteiger partial charge in [-0.05, 0) is 36.2 Å². The molecule has 1 saturated heterocycles. The van der Waals surface area contributed by atoms with E-state index in [1.54, 1.807) is 7.11 Å². The van der Waals surface area contributed by atoms with Crippen molar-refractivity contribution in [2.75, 3.05) is 27.0 Å². The minimum Gasteiger partial charge on any atom is -0.497 e. The Kier molecular flexibility index (Phi) is 4.40. The molecule has 6 rings (SSSR count). The highest BCUT2D eigenvalue weighted by Crippen LogP contribution is 2.37. The number of imidazole rings is 1. The molecule has 7 nitrogen and oxygen atoms in total. The lowest BCUT2D eigenvalue weighted by atomic mass is 10.0. The van der Waals surface area contributed by atoms with Gasteiger partial charge in [-0.25, -0.2) is 4.98 Å². The third kappa shape index (κ3) is 3.34. The van der Waals surface area contributed by atoms with Gasteiger partial charge in [0, 0.05) is 25.2 Å². The van der Waals surface area contributed by atoms with E-state index in [-0.39, 0.29) is 5.60 Å². The van der Waals surface area contributed by atoms with Crippen LogP contribution in [0, 0.1) is 0 Å². The summed E-state index contributed by atoms with van der Waals surface area (Å²) in [6.07, 6.45) is 2.96. The third-order valence-corrected chi connectivity index (χ3v) is 6.50. The first-order valence-corrected chi connectivity index (χ1v) is 10.7. The second kappa shape index (κ2) is 7.28. The van der Waals surface area contributed by atoms with E-state index < -0.39 is 0 Å². The van der Waals surface area contributed by atoms with Crippen LogP contribution < -0.4 is 14.2 Å². The number of aromatic nitrogens is 2. The molecule has 1 unspecified atom stereocenters. The number of rotatable bonds is 4. The fourth-order valence-electron chi connectivity index (χ4n) is 4.88. The van der Waals surface area contributed by atoms with Crippen molar-refractivity contribution in [3.63, 3.8) is 0 Å². The largest absolute Gasteiger partial charge is 0.497 e.